The minimum absolute atomic E-state index is 0.337. The van der Waals surface area contributed by atoms with Crippen LogP contribution in [0.5, 0.6) is 0 Å². The Morgan fingerprint density at radius 1 is 0.517 bits per heavy atom. The van der Waals surface area contributed by atoms with Crippen molar-refractivity contribution in [2.45, 2.75) is 18.3 Å². The van der Waals surface area contributed by atoms with Gasteiger partial charge >= 0.3 is 0 Å². The molecule has 0 N–H and O–H groups in total. The number of hydrogen-bond donors (Lipinski definition) is 0. The third-order valence-corrected chi connectivity index (χ3v) is 10.9. The first-order valence-electron chi connectivity index (χ1n) is 19.4. The molecule has 4 nitrogen and oxygen atoms in total. The number of hydrogen-bond acceptors (Lipinski definition) is 3. The largest absolute Gasteiger partial charge is 0.309 e. The normalized spacial score (nSPS) is 13.1. The number of benzene rings is 6. The molecule has 1 aliphatic carbocycles. The molecule has 0 saturated carbocycles. The second-order valence-electron chi connectivity index (χ2n) is 14.3. The fraction of sp³-hybridized carbons (Fsp3) is 0.0556. The number of aromatic nitrogens is 4. The minimum atomic E-state index is -0.337. The summed E-state index contributed by atoms with van der Waals surface area (Å²) in [7, 11) is 0. The van der Waals surface area contributed by atoms with Crippen molar-refractivity contribution in [2.75, 3.05) is 0 Å². The Hall–Kier alpha value is -7.79. The van der Waals surface area contributed by atoms with Gasteiger partial charge < -0.3 is 4.57 Å². The zero-order valence-corrected chi connectivity index (χ0v) is 31.8. The molecule has 274 valence electrons. The van der Waals surface area contributed by atoms with Crippen molar-refractivity contribution < 1.29 is 0 Å². The van der Waals surface area contributed by atoms with Crippen molar-refractivity contribution in [3.63, 3.8) is 0 Å². The number of allylic oxidation sites excluding steroid dienone is 8. The predicted molar refractivity (Wildman–Crippen MR) is 240 cm³/mol. The molecule has 6 aromatic carbocycles. The minimum Gasteiger partial charge on any atom is -0.309 e. The molecule has 0 bridgehead atoms. The van der Waals surface area contributed by atoms with E-state index in [4.69, 9.17) is 27.8 Å². The highest BCUT2D eigenvalue weighted by Crippen LogP contribution is 2.56. The predicted octanol–water partition coefficient (Wildman–Crippen LogP) is 12.5. The van der Waals surface area contributed by atoms with E-state index < -0.39 is 0 Å². The zero-order valence-electron chi connectivity index (χ0n) is 31.8. The van der Waals surface area contributed by atoms with Gasteiger partial charge in [0.05, 0.1) is 11.0 Å². The van der Waals surface area contributed by atoms with Crippen LogP contribution in [0, 0.1) is 24.7 Å². The number of nitrogens with zero attached hydrogens (tertiary/aromatic N) is 4. The van der Waals surface area contributed by atoms with Crippen LogP contribution in [0.2, 0.25) is 0 Å². The summed E-state index contributed by atoms with van der Waals surface area (Å²) in [5.74, 6) is 7.07. The van der Waals surface area contributed by atoms with Gasteiger partial charge in [0.15, 0.2) is 17.5 Å². The molecular formula is C54H38N4. The summed E-state index contributed by atoms with van der Waals surface area (Å²) < 4.78 is 2.42. The summed E-state index contributed by atoms with van der Waals surface area (Å²) in [6, 6.07) is 51.0. The second-order valence-corrected chi connectivity index (χ2v) is 14.3. The maximum Gasteiger partial charge on any atom is 0.164 e. The van der Waals surface area contributed by atoms with Gasteiger partial charge in [-0.15, -0.1) is 12.8 Å². The van der Waals surface area contributed by atoms with Crippen molar-refractivity contribution in [1.29, 1.82) is 0 Å². The van der Waals surface area contributed by atoms with Gasteiger partial charge in [-0.25, -0.2) is 15.0 Å². The van der Waals surface area contributed by atoms with E-state index in [0.717, 1.165) is 40.7 Å². The van der Waals surface area contributed by atoms with Crippen LogP contribution in [0.4, 0.5) is 0 Å². The lowest BCUT2D eigenvalue weighted by Crippen LogP contribution is -2.24. The fourth-order valence-electron chi connectivity index (χ4n) is 8.42. The SMILES string of the molecule is C#C/C=C\C=C/CC1(C/C=C\C=C/C#C)c2ccccc2-c2c1ccc1c3ccccc3n(-c3cccc(-c4nc(-c5ccccc5)nc(-c5ccccc5)n4)c3)c21. The highest BCUT2D eigenvalue weighted by atomic mass is 15.0. The van der Waals surface area contributed by atoms with E-state index in [-0.39, 0.29) is 5.41 Å². The molecule has 1 aliphatic rings. The zero-order chi connectivity index (χ0) is 39.3. The van der Waals surface area contributed by atoms with E-state index >= 15 is 0 Å². The number of para-hydroxylation sites is 1. The van der Waals surface area contributed by atoms with E-state index in [1.54, 1.807) is 12.2 Å². The summed E-state index contributed by atoms with van der Waals surface area (Å²) >= 11 is 0. The molecule has 4 heteroatoms. The summed E-state index contributed by atoms with van der Waals surface area (Å²) in [4.78, 5) is 15.1. The maximum atomic E-state index is 5.53. The van der Waals surface area contributed by atoms with Gasteiger partial charge in [-0.1, -0.05) is 176 Å². The van der Waals surface area contributed by atoms with Crippen LogP contribution in [-0.2, 0) is 5.41 Å². The molecule has 58 heavy (non-hydrogen) atoms. The topological polar surface area (TPSA) is 43.6 Å². The Morgan fingerprint density at radius 2 is 1.09 bits per heavy atom. The maximum absolute atomic E-state index is 5.53. The Bertz CT molecular complexity index is 2930. The van der Waals surface area contributed by atoms with Gasteiger partial charge in [0.1, 0.15) is 0 Å². The van der Waals surface area contributed by atoms with Gasteiger partial charge in [0.2, 0.25) is 0 Å². The molecule has 8 aromatic rings. The number of fused-ring (bicyclic) bond motifs is 7. The molecule has 2 aromatic heterocycles. The molecule has 2 heterocycles. The average Bonchev–Trinajstić information content (AvgIpc) is 3.77. The molecule has 0 amide bonds. The summed E-state index contributed by atoms with van der Waals surface area (Å²) in [6.07, 6.45) is 28.5. The lowest BCUT2D eigenvalue weighted by atomic mass is 9.72. The van der Waals surface area contributed by atoms with Crippen LogP contribution in [0.1, 0.15) is 24.0 Å². The Kier molecular flexibility index (Phi) is 9.75. The van der Waals surface area contributed by atoms with E-state index in [1.165, 1.54) is 38.5 Å². The Balaban J connectivity index is 1.28. The summed E-state index contributed by atoms with van der Waals surface area (Å²) in [6.45, 7) is 0. The molecule has 9 rings (SSSR count). The molecule has 0 atom stereocenters. The van der Waals surface area contributed by atoms with Crippen LogP contribution >= 0.6 is 0 Å². The van der Waals surface area contributed by atoms with Gasteiger partial charge in [0.25, 0.3) is 0 Å². The quantitative estimate of drug-likeness (QED) is 0.104. The Labute approximate surface area is 339 Å². The molecular weight excluding hydrogens is 705 g/mol. The molecule has 0 unspecified atom stereocenters. The first-order valence-corrected chi connectivity index (χ1v) is 19.4. The number of terminal acetylenes is 2. The van der Waals surface area contributed by atoms with Crippen molar-refractivity contribution in [2.24, 2.45) is 0 Å². The van der Waals surface area contributed by atoms with Crippen LogP contribution < -0.4 is 0 Å². The van der Waals surface area contributed by atoms with Crippen LogP contribution in [0.3, 0.4) is 0 Å². The Morgan fingerprint density at radius 3 is 1.74 bits per heavy atom. The third-order valence-electron chi connectivity index (χ3n) is 10.9. The van der Waals surface area contributed by atoms with E-state index in [9.17, 15) is 0 Å². The van der Waals surface area contributed by atoms with Crippen LogP contribution in [0.15, 0.2) is 194 Å². The molecule has 0 aliphatic heterocycles. The average molecular weight is 743 g/mol. The fourth-order valence-corrected chi connectivity index (χ4v) is 8.42. The smallest absolute Gasteiger partial charge is 0.164 e. The molecule has 0 spiro atoms. The van der Waals surface area contributed by atoms with E-state index in [1.807, 2.05) is 72.8 Å². The van der Waals surface area contributed by atoms with Crippen molar-refractivity contribution >= 4 is 21.8 Å². The van der Waals surface area contributed by atoms with Crippen molar-refractivity contribution in [1.82, 2.24) is 19.5 Å². The molecule has 0 radical (unpaired) electrons. The number of rotatable bonds is 10. The van der Waals surface area contributed by atoms with E-state index in [2.05, 4.69) is 126 Å². The van der Waals surface area contributed by atoms with Gasteiger partial charge in [-0.2, -0.15) is 0 Å². The standard InChI is InChI=1S/C54H38N4/c1-3-5-7-9-21-36-54(37-22-10-8-6-4-2)46-32-19-17-31-45(46)49-47(54)35-34-44-43-30-18-20-33-48(43)58(50(44)49)42-29-23-28-41(38-42)53-56-51(39-24-13-11-14-25-39)55-52(57-53)40-26-15-12-16-27-40/h1-2,5-35,38H,36-37H2/b7-5-,8-6-,21-9-,22-10-. The summed E-state index contributed by atoms with van der Waals surface area (Å²) in [5, 5.41) is 2.39. The van der Waals surface area contributed by atoms with Crippen LogP contribution in [0.25, 0.3) is 72.8 Å². The van der Waals surface area contributed by atoms with Crippen LogP contribution in [-0.4, -0.2) is 19.5 Å². The lowest BCUT2D eigenvalue weighted by Gasteiger charge is -2.30. The third kappa shape index (κ3) is 6.44. The molecule has 0 fully saturated rings. The first-order chi connectivity index (χ1) is 28.7. The van der Waals surface area contributed by atoms with Gasteiger partial charge in [0, 0.05) is 44.1 Å². The lowest BCUT2D eigenvalue weighted by molar-refractivity contribution is 0.542. The monoisotopic (exact) mass is 742 g/mol. The van der Waals surface area contributed by atoms with Crippen molar-refractivity contribution in [3.05, 3.63) is 205 Å². The van der Waals surface area contributed by atoms with Gasteiger partial charge in [-0.05, 0) is 59.9 Å². The second kappa shape index (κ2) is 15.8. The van der Waals surface area contributed by atoms with Gasteiger partial charge in [-0.3, -0.25) is 0 Å². The highest BCUT2D eigenvalue weighted by Gasteiger charge is 2.43. The summed E-state index contributed by atoms with van der Waals surface area (Å²) in [5.41, 5.74) is 10.8. The van der Waals surface area contributed by atoms with E-state index in [0.29, 0.717) is 17.5 Å². The van der Waals surface area contributed by atoms with Crippen molar-refractivity contribution in [3.8, 4) is 75.7 Å². The first kappa shape index (κ1) is 35.9. The molecule has 0 saturated heterocycles. The highest BCUT2D eigenvalue weighted by molar-refractivity contribution is 6.15.